The Morgan fingerprint density at radius 1 is 0.938 bits per heavy atom. The summed E-state index contributed by atoms with van der Waals surface area (Å²) in [7, 11) is -0.597. The highest BCUT2D eigenvalue weighted by molar-refractivity contribution is 7.93. The Hall–Kier alpha value is -5.08. The van der Waals surface area contributed by atoms with E-state index in [1.54, 1.807) is 18.5 Å². The van der Waals surface area contributed by atoms with E-state index in [0.717, 1.165) is 5.69 Å². The van der Waals surface area contributed by atoms with Crippen molar-refractivity contribution in [2.75, 3.05) is 43.6 Å². The molecule has 15 heteroatoms. The van der Waals surface area contributed by atoms with Crippen LogP contribution >= 0.6 is 11.6 Å². The van der Waals surface area contributed by atoms with Crippen LogP contribution in [0.15, 0.2) is 84.1 Å². The number of hydrogen-bond donors (Lipinski definition) is 1. The normalized spacial score (nSPS) is 17.9. The van der Waals surface area contributed by atoms with Gasteiger partial charge in [0.05, 0.1) is 32.6 Å². The third-order valence-electron chi connectivity index (χ3n) is 8.38. The van der Waals surface area contributed by atoms with Gasteiger partial charge in [-0.25, -0.2) is 18.2 Å². The maximum atomic E-state index is 14.9. The van der Waals surface area contributed by atoms with Gasteiger partial charge in [0, 0.05) is 66.9 Å². The number of piperidine rings is 1. The number of alkyl carbamates (subject to hydrolysis) is 1. The summed E-state index contributed by atoms with van der Waals surface area (Å²) >= 11 is 6.46. The van der Waals surface area contributed by atoms with Crippen molar-refractivity contribution in [1.82, 2.24) is 15.3 Å². The molecule has 4 aromatic rings. The Labute approximate surface area is 282 Å². The van der Waals surface area contributed by atoms with Crippen molar-refractivity contribution >= 4 is 45.0 Å². The summed E-state index contributed by atoms with van der Waals surface area (Å²) in [5, 5.41) is 2.93. The number of rotatable bonds is 9. The topological polar surface area (TPSA) is 149 Å². The monoisotopic (exact) mass is 693 g/mol. The molecule has 1 saturated heterocycles. The standard InChI is InChI=1S/C33H32ClN5O8S/c1-44-24-7-9-29(28(20-24)45-2)48(42,43)39-27-8-6-21(34)19-26(27)33(31(39)40,25-5-4-14-36-30(25)46-3)37-32(41)47-23-12-17-38(18-13-23)22-10-15-35-16-11-22/h4-11,14-16,19-20,23H,12-13,17-18H2,1-3H3,(H,37,41). The van der Waals surface area contributed by atoms with Crippen molar-refractivity contribution in [1.29, 1.82) is 0 Å². The lowest BCUT2D eigenvalue weighted by atomic mass is 9.84. The average molecular weight is 694 g/mol. The summed E-state index contributed by atoms with van der Waals surface area (Å²) in [6.07, 6.45) is 4.50. The van der Waals surface area contributed by atoms with Crippen LogP contribution in [0.3, 0.4) is 0 Å². The number of nitrogens with zero attached hydrogens (tertiary/aromatic N) is 4. The van der Waals surface area contributed by atoms with Crippen LogP contribution < -0.4 is 28.7 Å². The number of carbonyl (C=O) groups is 2. The van der Waals surface area contributed by atoms with Gasteiger partial charge in [-0.2, -0.15) is 4.31 Å². The first-order chi connectivity index (χ1) is 23.1. The molecule has 1 atom stereocenters. The van der Waals surface area contributed by atoms with Crippen molar-refractivity contribution in [2.45, 2.75) is 29.4 Å². The van der Waals surface area contributed by atoms with Gasteiger partial charge in [0.2, 0.25) is 5.88 Å². The average Bonchev–Trinajstić information content (AvgIpc) is 3.35. The lowest BCUT2D eigenvalue weighted by Crippen LogP contribution is -2.55. The molecule has 0 bridgehead atoms. The number of nitrogens with one attached hydrogen (secondary N) is 1. The predicted octanol–water partition coefficient (Wildman–Crippen LogP) is 4.53. The lowest BCUT2D eigenvalue weighted by Gasteiger charge is -2.35. The first-order valence-corrected chi connectivity index (χ1v) is 16.7. The van der Waals surface area contributed by atoms with Gasteiger partial charge in [0.1, 0.15) is 22.5 Å². The van der Waals surface area contributed by atoms with Crippen LogP contribution in [-0.4, -0.2) is 70.9 Å². The number of methoxy groups -OCH3 is 3. The van der Waals surface area contributed by atoms with Gasteiger partial charge in [-0.1, -0.05) is 11.6 Å². The molecule has 0 radical (unpaired) electrons. The van der Waals surface area contributed by atoms with E-state index in [4.69, 9.17) is 30.5 Å². The van der Waals surface area contributed by atoms with Crippen LogP contribution in [0.1, 0.15) is 24.0 Å². The molecule has 48 heavy (non-hydrogen) atoms. The van der Waals surface area contributed by atoms with Crippen molar-refractivity contribution < 1.29 is 37.0 Å². The van der Waals surface area contributed by atoms with E-state index >= 15 is 0 Å². The Kier molecular flexibility index (Phi) is 9.03. The minimum absolute atomic E-state index is 0.0241. The number of sulfonamides is 1. The molecule has 0 aliphatic carbocycles. The lowest BCUT2D eigenvalue weighted by molar-refractivity contribution is -0.121. The zero-order chi connectivity index (χ0) is 34.1. The first kappa shape index (κ1) is 32.8. The number of benzene rings is 2. The van der Waals surface area contributed by atoms with Crippen LogP contribution in [0, 0.1) is 0 Å². The number of hydrogen-bond acceptors (Lipinski definition) is 11. The molecule has 2 aromatic heterocycles. The van der Waals surface area contributed by atoms with E-state index in [1.807, 2.05) is 12.1 Å². The fraction of sp³-hybridized carbons (Fsp3) is 0.273. The van der Waals surface area contributed by atoms with Crippen LogP contribution in [0.25, 0.3) is 0 Å². The second-order valence-corrected chi connectivity index (χ2v) is 13.2. The van der Waals surface area contributed by atoms with Gasteiger partial charge in [-0.3, -0.25) is 15.1 Å². The summed E-state index contributed by atoms with van der Waals surface area (Å²) < 4.78 is 51.6. The number of fused-ring (bicyclic) bond motifs is 1. The van der Waals surface area contributed by atoms with Crippen LogP contribution in [0.2, 0.25) is 5.02 Å². The molecule has 6 rings (SSSR count). The number of anilines is 2. The van der Waals surface area contributed by atoms with Crippen molar-refractivity contribution in [3.63, 3.8) is 0 Å². The molecule has 1 N–H and O–H groups in total. The maximum absolute atomic E-state index is 14.9. The molecular weight excluding hydrogens is 662 g/mol. The number of halogens is 1. The number of aromatic nitrogens is 2. The van der Waals surface area contributed by atoms with Gasteiger partial charge in [0.25, 0.3) is 15.9 Å². The fourth-order valence-electron chi connectivity index (χ4n) is 6.10. The van der Waals surface area contributed by atoms with Gasteiger partial charge in [-0.15, -0.1) is 0 Å². The summed E-state index contributed by atoms with van der Waals surface area (Å²) in [6.45, 7) is 1.24. The van der Waals surface area contributed by atoms with Crippen LogP contribution in [0.4, 0.5) is 16.2 Å². The first-order valence-electron chi connectivity index (χ1n) is 14.9. The van der Waals surface area contributed by atoms with Gasteiger partial charge >= 0.3 is 6.09 Å². The third kappa shape index (κ3) is 5.70. The molecule has 4 heterocycles. The predicted molar refractivity (Wildman–Crippen MR) is 176 cm³/mol. The van der Waals surface area contributed by atoms with E-state index in [9.17, 15) is 18.0 Å². The van der Waals surface area contributed by atoms with E-state index in [0.29, 0.717) is 36.0 Å². The summed E-state index contributed by atoms with van der Waals surface area (Å²) in [5.41, 5.74) is -1.06. The highest BCUT2D eigenvalue weighted by atomic mass is 35.5. The second-order valence-electron chi connectivity index (χ2n) is 11.0. The van der Waals surface area contributed by atoms with Gasteiger partial charge < -0.3 is 23.8 Å². The quantitative estimate of drug-likeness (QED) is 0.264. The van der Waals surface area contributed by atoms with Crippen LogP contribution in [-0.2, 0) is 25.1 Å². The molecule has 250 valence electrons. The Morgan fingerprint density at radius 2 is 1.69 bits per heavy atom. The molecule has 2 aliphatic rings. The molecule has 1 fully saturated rings. The molecule has 2 aromatic carbocycles. The van der Waals surface area contributed by atoms with E-state index in [-0.39, 0.29) is 38.4 Å². The Morgan fingerprint density at radius 3 is 2.38 bits per heavy atom. The molecular formula is C33H32ClN5O8S. The minimum Gasteiger partial charge on any atom is -0.497 e. The van der Waals surface area contributed by atoms with Crippen molar-refractivity contribution in [2.24, 2.45) is 0 Å². The minimum atomic E-state index is -4.68. The molecule has 2 amide bonds. The maximum Gasteiger partial charge on any atom is 0.408 e. The zero-order valence-electron chi connectivity index (χ0n) is 26.3. The fourth-order valence-corrected chi connectivity index (χ4v) is 7.87. The number of pyridine rings is 2. The summed E-state index contributed by atoms with van der Waals surface area (Å²) in [5.74, 6) is -0.770. The molecule has 0 saturated carbocycles. The van der Waals surface area contributed by atoms with Crippen molar-refractivity contribution in [3.05, 3.63) is 95.4 Å². The second kappa shape index (κ2) is 13.2. The van der Waals surface area contributed by atoms with E-state index in [1.165, 1.54) is 70.0 Å². The van der Waals surface area contributed by atoms with Crippen molar-refractivity contribution in [3.8, 4) is 17.4 Å². The number of ether oxygens (including phenoxy) is 4. The van der Waals surface area contributed by atoms with E-state index < -0.39 is 33.7 Å². The zero-order valence-corrected chi connectivity index (χ0v) is 27.8. The largest absolute Gasteiger partial charge is 0.497 e. The Balaban J connectivity index is 1.41. The molecule has 13 nitrogen and oxygen atoms in total. The van der Waals surface area contributed by atoms with Gasteiger partial charge in [-0.05, 0) is 54.6 Å². The Bertz CT molecular complexity index is 1960. The number of amides is 2. The SMILES string of the molecule is COc1ccc(S(=O)(=O)N2C(=O)C(NC(=O)OC3CCN(c4ccncc4)CC3)(c3cccnc3OC)c3cc(Cl)ccc32)c(OC)c1. The van der Waals surface area contributed by atoms with E-state index in [2.05, 4.69) is 20.2 Å². The highest BCUT2D eigenvalue weighted by Gasteiger charge is 2.59. The highest BCUT2D eigenvalue weighted by Crippen LogP contribution is 2.50. The molecule has 1 unspecified atom stereocenters. The molecule has 0 spiro atoms. The third-order valence-corrected chi connectivity index (χ3v) is 10.3. The summed E-state index contributed by atoms with van der Waals surface area (Å²) in [6, 6.07) is 15.3. The smallest absolute Gasteiger partial charge is 0.408 e. The number of carbonyl (C=O) groups excluding carboxylic acids is 2. The summed E-state index contributed by atoms with van der Waals surface area (Å²) in [4.78, 5) is 38.9. The molecule has 2 aliphatic heterocycles. The van der Waals surface area contributed by atoms with Gasteiger partial charge in [0.15, 0.2) is 5.54 Å². The van der Waals surface area contributed by atoms with Crippen LogP contribution in [0.5, 0.6) is 17.4 Å².